The molecule has 3 N–H and O–H groups in total. The van der Waals surface area contributed by atoms with Gasteiger partial charge in [0.1, 0.15) is 6.04 Å². The van der Waals surface area contributed by atoms with Crippen molar-refractivity contribution in [3.8, 4) is 0 Å². The van der Waals surface area contributed by atoms with E-state index in [4.69, 9.17) is 11.6 Å². The third-order valence-electron chi connectivity index (χ3n) is 5.52. The molecule has 0 aromatic heterocycles. The number of likely N-dealkylation sites (N-methyl/N-ethyl adjacent to an activating group) is 1. The summed E-state index contributed by atoms with van der Waals surface area (Å²) in [5.41, 5.74) is 1.21. The number of carbonyl (C=O) groups excluding carboxylic acids is 2. The molecule has 1 aromatic rings. The van der Waals surface area contributed by atoms with Crippen LogP contribution in [-0.2, 0) is 9.59 Å². The molecule has 0 radical (unpaired) electrons. The first-order valence-corrected chi connectivity index (χ1v) is 10.4. The molecule has 1 fully saturated rings. The number of hydrogen-bond acceptors (Lipinski definition) is 3. The first-order chi connectivity index (χ1) is 13.0. The summed E-state index contributed by atoms with van der Waals surface area (Å²) in [6.45, 7) is 10.0. The number of nitrogens with zero attached hydrogens (tertiary/aromatic N) is 2. The third-order valence-corrected chi connectivity index (χ3v) is 5.77. The Kier molecular flexibility index (Phi) is 11.0. The monoisotopic (exact) mass is 441 g/mol. The van der Waals surface area contributed by atoms with Gasteiger partial charge in [0.15, 0.2) is 0 Å². The van der Waals surface area contributed by atoms with Crippen LogP contribution in [0.25, 0.3) is 0 Å². The van der Waals surface area contributed by atoms with Crippen LogP contribution in [0.4, 0.5) is 0 Å². The minimum Gasteiger partial charge on any atom is -0.412 e. The maximum absolute atomic E-state index is 13.2. The first kappa shape index (κ1) is 28.4. The summed E-state index contributed by atoms with van der Waals surface area (Å²) in [6.07, 6.45) is 0.900. The maximum Gasteiger partial charge on any atom is 0.245 e. The molecule has 1 aliphatic heterocycles. The first-order valence-electron chi connectivity index (χ1n) is 9.99. The van der Waals surface area contributed by atoms with Gasteiger partial charge in [0.05, 0.1) is 6.54 Å². The predicted octanol–water partition coefficient (Wildman–Crippen LogP) is 3.20. The van der Waals surface area contributed by atoms with Crippen LogP contribution in [0.2, 0.25) is 5.02 Å². The number of carbonyl (C=O) groups is 2. The van der Waals surface area contributed by atoms with E-state index < -0.39 is 6.04 Å². The fraction of sp³-hybridized carbons (Fsp3) is 0.652. The van der Waals surface area contributed by atoms with Crippen LogP contribution in [0.15, 0.2) is 24.3 Å². The predicted molar refractivity (Wildman–Crippen MR) is 125 cm³/mol. The molecule has 2 rings (SSSR count). The average molecular weight is 442 g/mol. The summed E-state index contributed by atoms with van der Waals surface area (Å²) in [5.74, 6) is 0.308. The second-order valence-corrected chi connectivity index (χ2v) is 9.60. The molecule has 1 saturated heterocycles. The molecule has 0 unspecified atom stereocenters. The van der Waals surface area contributed by atoms with E-state index in [-0.39, 0.29) is 42.6 Å². The average Bonchev–Trinajstić information content (AvgIpc) is 2.58. The van der Waals surface area contributed by atoms with Gasteiger partial charge in [0.2, 0.25) is 11.8 Å². The van der Waals surface area contributed by atoms with Crippen LogP contribution in [0.5, 0.6) is 0 Å². The Morgan fingerprint density at radius 3 is 2.27 bits per heavy atom. The van der Waals surface area contributed by atoms with E-state index in [2.05, 4.69) is 31.3 Å². The van der Waals surface area contributed by atoms with Crippen molar-refractivity contribution in [1.29, 1.82) is 0 Å². The summed E-state index contributed by atoms with van der Waals surface area (Å²) in [4.78, 5) is 29.2. The van der Waals surface area contributed by atoms with Crippen LogP contribution in [0.1, 0.15) is 53.0 Å². The van der Waals surface area contributed by atoms with Crippen LogP contribution in [-0.4, -0.2) is 66.9 Å². The van der Waals surface area contributed by atoms with Crippen molar-refractivity contribution >= 4 is 23.4 Å². The zero-order valence-corrected chi connectivity index (χ0v) is 19.2. The molecule has 1 aromatic carbocycles. The molecule has 0 spiro atoms. The zero-order valence-electron chi connectivity index (χ0n) is 18.5. The molecule has 30 heavy (non-hydrogen) atoms. The van der Waals surface area contributed by atoms with Crippen LogP contribution in [0.3, 0.4) is 0 Å². The molecular formula is C23H40ClN3O3. The summed E-state index contributed by atoms with van der Waals surface area (Å²) < 4.78 is 0. The van der Waals surface area contributed by atoms with Gasteiger partial charge in [0.25, 0.3) is 0 Å². The zero-order chi connectivity index (χ0) is 21.1. The minimum absolute atomic E-state index is 0. The number of amides is 2. The van der Waals surface area contributed by atoms with Crippen molar-refractivity contribution in [2.75, 3.05) is 33.7 Å². The molecule has 0 bridgehead atoms. The van der Waals surface area contributed by atoms with Gasteiger partial charge in [0, 0.05) is 18.1 Å². The number of benzene rings is 1. The summed E-state index contributed by atoms with van der Waals surface area (Å²) in [7, 11) is 3.69. The van der Waals surface area contributed by atoms with Crippen LogP contribution < -0.4 is 5.32 Å². The normalized spacial score (nSPS) is 19.0. The Hall–Kier alpha value is -1.63. The molecule has 7 heteroatoms. The lowest BCUT2D eigenvalue weighted by Crippen LogP contribution is -2.56. The number of piperidine rings is 1. The Labute approximate surface area is 187 Å². The molecule has 2 atom stereocenters. The van der Waals surface area contributed by atoms with Gasteiger partial charge in [-0.1, -0.05) is 58.9 Å². The number of halogens is 1. The molecule has 0 saturated carbocycles. The molecule has 1 heterocycles. The topological polar surface area (TPSA) is 84.2 Å². The fourth-order valence-corrected chi connectivity index (χ4v) is 4.20. The fourth-order valence-electron chi connectivity index (χ4n) is 4.07. The van der Waals surface area contributed by atoms with Crippen molar-refractivity contribution in [3.63, 3.8) is 0 Å². The smallest absolute Gasteiger partial charge is 0.245 e. The van der Waals surface area contributed by atoms with E-state index in [0.29, 0.717) is 19.0 Å². The van der Waals surface area contributed by atoms with Crippen molar-refractivity contribution in [3.05, 3.63) is 34.9 Å². The SMILES string of the molecule is C.CC(C)[C@@H](NC(=O)CN(C)C)C(=O)N1CC[C@H](c2ccc(Cl)cc2)C(C)(C)C1.O. The summed E-state index contributed by atoms with van der Waals surface area (Å²) >= 11 is 6.03. The Morgan fingerprint density at radius 1 is 1.23 bits per heavy atom. The highest BCUT2D eigenvalue weighted by atomic mass is 35.5. The second-order valence-electron chi connectivity index (χ2n) is 9.17. The van der Waals surface area contributed by atoms with E-state index in [9.17, 15) is 9.59 Å². The number of rotatable bonds is 6. The van der Waals surface area contributed by atoms with Gasteiger partial charge in [-0.25, -0.2) is 0 Å². The molecule has 172 valence electrons. The van der Waals surface area contributed by atoms with E-state index in [0.717, 1.165) is 11.4 Å². The molecule has 1 aliphatic rings. The van der Waals surface area contributed by atoms with Crippen LogP contribution in [0, 0.1) is 11.3 Å². The molecule has 6 nitrogen and oxygen atoms in total. The van der Waals surface area contributed by atoms with Crippen molar-refractivity contribution < 1.29 is 15.1 Å². The lowest BCUT2D eigenvalue weighted by atomic mass is 9.70. The van der Waals surface area contributed by atoms with Crippen molar-refractivity contribution in [2.24, 2.45) is 11.3 Å². The highest BCUT2D eigenvalue weighted by Crippen LogP contribution is 2.42. The Balaban J connectivity index is 0.00000420. The van der Waals surface area contributed by atoms with Gasteiger partial charge in [-0.05, 0) is 55.5 Å². The highest BCUT2D eigenvalue weighted by molar-refractivity contribution is 6.30. The number of hydrogen-bond donors (Lipinski definition) is 1. The van der Waals surface area contributed by atoms with Gasteiger partial charge in [-0.15, -0.1) is 0 Å². The number of nitrogens with one attached hydrogen (secondary N) is 1. The molecule has 0 aliphatic carbocycles. The lowest BCUT2D eigenvalue weighted by Gasteiger charge is -2.45. The standard InChI is InChI=1S/C22H34ClN3O2.CH4.H2O/c1-15(2)20(24-19(27)13-25(5)6)21(28)26-12-11-18(22(3,4)14-26)16-7-9-17(23)10-8-16;;/h7-10,15,18,20H,11-14H2,1-6H3,(H,24,27);1H4;1H2/t18-,20-;;/m1../s1. The molecular weight excluding hydrogens is 402 g/mol. The Bertz CT molecular complexity index is 689. The van der Waals surface area contributed by atoms with Gasteiger partial charge < -0.3 is 20.6 Å². The highest BCUT2D eigenvalue weighted by Gasteiger charge is 2.40. The summed E-state index contributed by atoms with van der Waals surface area (Å²) in [6, 6.07) is 7.55. The number of likely N-dealkylation sites (tertiary alicyclic amines) is 1. The summed E-state index contributed by atoms with van der Waals surface area (Å²) in [5, 5.41) is 3.67. The quantitative estimate of drug-likeness (QED) is 0.735. The van der Waals surface area contributed by atoms with Gasteiger partial charge >= 0.3 is 0 Å². The van der Waals surface area contributed by atoms with E-state index in [1.54, 1.807) is 4.90 Å². The maximum atomic E-state index is 13.2. The van der Waals surface area contributed by atoms with Gasteiger partial charge in [-0.2, -0.15) is 0 Å². The minimum atomic E-state index is -0.490. The van der Waals surface area contributed by atoms with Crippen molar-refractivity contribution in [1.82, 2.24) is 15.1 Å². The van der Waals surface area contributed by atoms with Gasteiger partial charge in [-0.3, -0.25) is 9.59 Å². The van der Waals surface area contributed by atoms with E-state index in [1.807, 2.05) is 45.0 Å². The van der Waals surface area contributed by atoms with E-state index >= 15 is 0 Å². The lowest BCUT2D eigenvalue weighted by molar-refractivity contribution is -0.140. The largest absolute Gasteiger partial charge is 0.412 e. The molecule has 2 amide bonds. The van der Waals surface area contributed by atoms with E-state index in [1.165, 1.54) is 5.56 Å². The second kappa shape index (κ2) is 11.7. The van der Waals surface area contributed by atoms with Crippen LogP contribution >= 0.6 is 11.6 Å². The Morgan fingerprint density at radius 2 is 1.80 bits per heavy atom. The third kappa shape index (κ3) is 7.25. The van der Waals surface area contributed by atoms with Crippen molar-refractivity contribution in [2.45, 2.75) is 53.5 Å².